The van der Waals surface area contributed by atoms with Crippen LogP contribution in [0.1, 0.15) is 13.8 Å². The molecular formula is C4H8ClNO3. The Morgan fingerprint density at radius 3 is 1.56 bits per heavy atom. The highest BCUT2D eigenvalue weighted by Crippen LogP contribution is 1.75. The molecule has 0 aliphatic carbocycles. The Morgan fingerprint density at radius 2 is 1.56 bits per heavy atom. The first-order chi connectivity index (χ1) is 4.00. The molecule has 0 saturated carbocycles. The normalized spacial score (nSPS) is 6.56. The number of carbonyl (C=O) groups is 2. The van der Waals surface area contributed by atoms with Gasteiger partial charge in [0.15, 0.2) is 0 Å². The van der Waals surface area contributed by atoms with Crippen LogP contribution in [0.5, 0.6) is 0 Å². The minimum absolute atomic E-state index is 0.333. The van der Waals surface area contributed by atoms with Crippen LogP contribution in [0.3, 0.4) is 0 Å². The summed E-state index contributed by atoms with van der Waals surface area (Å²) in [5.74, 6) is -0.813. The molecule has 54 valence electrons. The minimum Gasteiger partial charge on any atom is -0.370 e. The van der Waals surface area contributed by atoms with Gasteiger partial charge in [-0.2, -0.15) is 0 Å². The molecule has 9 heavy (non-hydrogen) atoms. The lowest BCUT2D eigenvalue weighted by molar-refractivity contribution is -0.131. The molecule has 0 saturated heterocycles. The maximum absolute atomic E-state index is 9.46. The van der Waals surface area contributed by atoms with Crippen molar-refractivity contribution in [3.63, 3.8) is 0 Å². The zero-order valence-corrected chi connectivity index (χ0v) is 5.94. The second kappa shape index (κ2) is 7.23. The fraction of sp³-hybridized carbons (Fsp3) is 0.500. The zero-order valence-electron chi connectivity index (χ0n) is 5.18. The van der Waals surface area contributed by atoms with Crippen molar-refractivity contribution in [2.24, 2.45) is 5.73 Å². The summed E-state index contributed by atoms with van der Waals surface area (Å²) in [4.78, 5) is 18.7. The van der Waals surface area contributed by atoms with Crippen LogP contribution < -0.4 is 5.73 Å². The molecular weight excluding hydrogens is 146 g/mol. The van der Waals surface area contributed by atoms with E-state index in [-0.39, 0.29) is 5.91 Å². The molecule has 2 N–H and O–H groups in total. The highest BCUT2D eigenvalue weighted by Gasteiger charge is 1.79. The Kier molecular flexibility index (Phi) is 8.90. The molecule has 0 aromatic rings. The van der Waals surface area contributed by atoms with Crippen molar-refractivity contribution in [1.29, 1.82) is 0 Å². The summed E-state index contributed by atoms with van der Waals surface area (Å²) in [5, 5.41) is 0. The molecule has 0 aromatic heterocycles. The van der Waals surface area contributed by atoms with E-state index in [1.807, 2.05) is 0 Å². The largest absolute Gasteiger partial charge is 0.370 e. The van der Waals surface area contributed by atoms with Gasteiger partial charge in [-0.3, -0.25) is 9.59 Å². The van der Waals surface area contributed by atoms with Gasteiger partial charge < -0.3 is 10.0 Å². The monoisotopic (exact) mass is 153 g/mol. The van der Waals surface area contributed by atoms with Gasteiger partial charge in [0, 0.05) is 13.8 Å². The summed E-state index contributed by atoms with van der Waals surface area (Å²) in [7, 11) is 0. The van der Waals surface area contributed by atoms with Crippen molar-refractivity contribution in [3.05, 3.63) is 0 Å². The fourth-order valence-corrected chi connectivity index (χ4v) is 0. The van der Waals surface area contributed by atoms with Gasteiger partial charge in [-0.1, -0.05) is 0 Å². The van der Waals surface area contributed by atoms with Gasteiger partial charge in [0.05, 0.1) is 0 Å². The van der Waals surface area contributed by atoms with Crippen LogP contribution in [0.2, 0.25) is 0 Å². The van der Waals surface area contributed by atoms with Gasteiger partial charge >= 0.3 is 5.97 Å². The van der Waals surface area contributed by atoms with E-state index in [1.54, 1.807) is 0 Å². The molecule has 0 heterocycles. The molecule has 0 radical (unpaired) electrons. The van der Waals surface area contributed by atoms with E-state index >= 15 is 0 Å². The third-order valence-electron chi connectivity index (χ3n) is 0.109. The van der Waals surface area contributed by atoms with E-state index in [0.717, 1.165) is 0 Å². The average molecular weight is 154 g/mol. The number of halogens is 1. The lowest BCUT2D eigenvalue weighted by Gasteiger charge is -1.74. The van der Waals surface area contributed by atoms with E-state index in [1.165, 1.54) is 13.8 Å². The number of hydrogen-bond donors (Lipinski definition) is 1. The van der Waals surface area contributed by atoms with Crippen LogP contribution in [0, 0.1) is 0 Å². The molecule has 4 nitrogen and oxygen atoms in total. The first-order valence-corrected chi connectivity index (χ1v) is 2.36. The van der Waals surface area contributed by atoms with Crippen LogP contribution >= 0.6 is 11.9 Å². The van der Waals surface area contributed by atoms with Crippen molar-refractivity contribution in [2.45, 2.75) is 13.8 Å². The molecule has 5 heteroatoms. The second-order valence-electron chi connectivity index (χ2n) is 1.18. The Labute approximate surface area is 58.1 Å². The van der Waals surface area contributed by atoms with Gasteiger partial charge in [-0.15, -0.1) is 0 Å². The van der Waals surface area contributed by atoms with Crippen molar-refractivity contribution >= 4 is 23.7 Å². The van der Waals surface area contributed by atoms with Crippen LogP contribution in [-0.2, 0) is 13.9 Å². The Morgan fingerprint density at radius 1 is 1.44 bits per heavy atom. The van der Waals surface area contributed by atoms with Crippen LogP contribution in [0.4, 0.5) is 0 Å². The smallest absolute Gasteiger partial charge is 0.321 e. The SMILES string of the molecule is CC(=O)OCl.CC(N)=O. The lowest BCUT2D eigenvalue weighted by atomic mass is 10.8. The van der Waals surface area contributed by atoms with Crippen molar-refractivity contribution < 1.29 is 13.9 Å². The summed E-state index contributed by atoms with van der Waals surface area (Å²) in [6, 6.07) is 0. The summed E-state index contributed by atoms with van der Waals surface area (Å²) in [6.07, 6.45) is 0. The summed E-state index contributed by atoms with van der Waals surface area (Å²) in [5.41, 5.74) is 4.47. The summed E-state index contributed by atoms with van der Waals surface area (Å²) < 4.78 is 3.58. The van der Waals surface area contributed by atoms with E-state index < -0.39 is 5.97 Å². The van der Waals surface area contributed by atoms with E-state index in [2.05, 4.69) is 21.9 Å². The van der Waals surface area contributed by atoms with Gasteiger partial charge in [0.25, 0.3) is 0 Å². The number of amides is 1. The lowest BCUT2D eigenvalue weighted by Crippen LogP contribution is -2.01. The van der Waals surface area contributed by atoms with E-state index in [4.69, 9.17) is 0 Å². The molecule has 0 aliphatic heterocycles. The van der Waals surface area contributed by atoms with E-state index in [9.17, 15) is 9.59 Å². The summed E-state index contributed by atoms with van der Waals surface area (Å²) in [6.45, 7) is 2.53. The molecule has 0 aromatic carbocycles. The fourth-order valence-electron chi connectivity index (χ4n) is 0. The number of rotatable bonds is 0. The number of nitrogens with two attached hydrogens (primary N) is 1. The third kappa shape index (κ3) is 131. The molecule has 0 bridgehead atoms. The molecule has 0 unspecified atom stereocenters. The molecule has 0 fully saturated rings. The van der Waals surface area contributed by atoms with E-state index in [0.29, 0.717) is 0 Å². The maximum Gasteiger partial charge on any atom is 0.321 e. The highest BCUT2D eigenvalue weighted by atomic mass is 35.5. The number of carbonyl (C=O) groups excluding carboxylic acids is 2. The van der Waals surface area contributed by atoms with Gasteiger partial charge in [-0.25, -0.2) is 0 Å². The number of primary amides is 1. The topological polar surface area (TPSA) is 69.4 Å². The molecule has 0 aliphatic rings. The molecule has 1 amide bonds. The second-order valence-corrected chi connectivity index (χ2v) is 1.33. The summed E-state index contributed by atoms with van der Waals surface area (Å²) >= 11 is 4.49. The van der Waals surface area contributed by atoms with Crippen LogP contribution in [0.25, 0.3) is 0 Å². The van der Waals surface area contributed by atoms with Gasteiger partial charge in [0.2, 0.25) is 5.91 Å². The third-order valence-corrected chi connectivity index (χ3v) is 0.326. The highest BCUT2D eigenvalue weighted by molar-refractivity contribution is 6.12. The maximum atomic E-state index is 9.46. The Bertz CT molecular complexity index is 100.0. The molecule has 0 spiro atoms. The average Bonchev–Trinajstić information content (AvgIpc) is 1.65. The first-order valence-electron chi connectivity index (χ1n) is 2.06. The van der Waals surface area contributed by atoms with Crippen LogP contribution in [0.15, 0.2) is 0 Å². The Balaban J connectivity index is 0. The predicted molar refractivity (Wildman–Crippen MR) is 32.5 cm³/mol. The molecule has 0 rings (SSSR count). The number of hydrogen-bond acceptors (Lipinski definition) is 3. The van der Waals surface area contributed by atoms with Crippen molar-refractivity contribution in [3.8, 4) is 0 Å². The quantitative estimate of drug-likeness (QED) is 0.540. The van der Waals surface area contributed by atoms with Gasteiger partial charge in [-0.05, 0) is 0 Å². The van der Waals surface area contributed by atoms with Gasteiger partial charge in [0.1, 0.15) is 11.9 Å². The van der Waals surface area contributed by atoms with Crippen molar-refractivity contribution in [2.75, 3.05) is 0 Å². The van der Waals surface area contributed by atoms with Crippen molar-refractivity contribution in [1.82, 2.24) is 0 Å². The van der Waals surface area contributed by atoms with Crippen LogP contribution in [-0.4, -0.2) is 11.9 Å². The first kappa shape index (κ1) is 11.1. The minimum atomic E-state index is -0.480. The standard InChI is InChI=1S/C2H3ClO2.C2H5NO/c1-2(4)5-3;1-2(3)4/h1H3;1H3,(H2,3,4). The zero-order chi connectivity index (χ0) is 7.86. The Hall–Kier alpha value is -0.770. The predicted octanol–water partition coefficient (Wildman–Crippen LogP) is 0.195. The molecule has 0 atom stereocenters.